The van der Waals surface area contributed by atoms with Crippen molar-refractivity contribution in [2.75, 3.05) is 32.8 Å². The second-order valence-electron chi connectivity index (χ2n) is 11.3. The molecule has 10 heteroatoms. The number of nitrogens with zero attached hydrogens (tertiary/aromatic N) is 1. The normalized spacial score (nSPS) is 15.1. The highest BCUT2D eigenvalue weighted by Gasteiger charge is 2.26. The predicted molar refractivity (Wildman–Crippen MR) is 179 cm³/mol. The van der Waals surface area contributed by atoms with E-state index in [-0.39, 0.29) is 19.0 Å². The Hall–Kier alpha value is -2.16. The van der Waals surface area contributed by atoms with Crippen molar-refractivity contribution >= 4 is 19.6 Å². The molecule has 1 aliphatic heterocycles. The van der Waals surface area contributed by atoms with Gasteiger partial charge in [0, 0.05) is 25.4 Å². The predicted octanol–water partition coefficient (Wildman–Crippen LogP) is 9.25. The van der Waals surface area contributed by atoms with Crippen LogP contribution in [0.25, 0.3) is 0 Å². The summed E-state index contributed by atoms with van der Waals surface area (Å²) >= 11 is 1.79. The third-order valence-electron chi connectivity index (χ3n) is 7.50. The maximum absolute atomic E-state index is 12.7. The number of unbranched alkanes of at least 4 members (excludes halogenated alkanes) is 9. The highest BCUT2D eigenvalue weighted by atomic mass is 32.2. The first-order chi connectivity index (χ1) is 21.3. The molecule has 1 aliphatic rings. The lowest BCUT2D eigenvalue weighted by molar-refractivity contribution is 0.0159. The standard InChI is InChI=1S/C34H52NO7PS/c1-5-6-7-8-9-10-11-12-13-14-21-39-33-19-16-20-34(29(33)3)40-25-32(38-4)26-41-43(36,37)42-31-18-15-17-30(22-31)24-35-23-28(2)44-27-35/h15-20,22-23,32H,5-14,21,24-27H2,1-4H3,(H,36,37). The van der Waals surface area contributed by atoms with Gasteiger partial charge in [-0.3, -0.25) is 9.42 Å². The molecule has 0 saturated heterocycles. The number of benzene rings is 2. The number of ether oxygens (including phenoxy) is 3. The zero-order chi connectivity index (χ0) is 31.6. The zero-order valence-corrected chi connectivity index (χ0v) is 28.7. The number of allylic oxidation sites excluding steroid dienone is 1. The van der Waals surface area contributed by atoms with Gasteiger partial charge in [-0.2, -0.15) is 0 Å². The van der Waals surface area contributed by atoms with E-state index < -0.39 is 13.9 Å². The Kier molecular flexibility index (Phi) is 16.6. The first-order valence-electron chi connectivity index (χ1n) is 16.0. The minimum absolute atomic E-state index is 0.134. The summed E-state index contributed by atoms with van der Waals surface area (Å²) < 4.78 is 40.8. The van der Waals surface area contributed by atoms with E-state index in [4.69, 9.17) is 23.3 Å². The number of hydrogen-bond donors (Lipinski definition) is 1. The lowest BCUT2D eigenvalue weighted by Gasteiger charge is -2.20. The van der Waals surface area contributed by atoms with E-state index in [1.165, 1.54) is 69.8 Å². The summed E-state index contributed by atoms with van der Waals surface area (Å²) in [5, 5.41) is 0. The Bertz CT molecular complexity index is 1190. The van der Waals surface area contributed by atoms with Gasteiger partial charge in [0.25, 0.3) is 0 Å². The lowest BCUT2D eigenvalue weighted by Crippen LogP contribution is -2.26. The maximum Gasteiger partial charge on any atom is 0.527 e. The molecule has 44 heavy (non-hydrogen) atoms. The van der Waals surface area contributed by atoms with Crippen molar-refractivity contribution in [3.63, 3.8) is 0 Å². The van der Waals surface area contributed by atoms with E-state index in [2.05, 4.69) is 24.9 Å². The molecular weight excluding hydrogens is 597 g/mol. The molecule has 0 fully saturated rings. The topological polar surface area (TPSA) is 86.7 Å². The summed E-state index contributed by atoms with van der Waals surface area (Å²) in [6, 6.07) is 12.9. The molecule has 3 rings (SSSR count). The van der Waals surface area contributed by atoms with Gasteiger partial charge in [-0.05, 0) is 55.0 Å². The quantitative estimate of drug-likeness (QED) is 0.0935. The molecule has 2 atom stereocenters. The Morgan fingerprint density at radius 3 is 2.23 bits per heavy atom. The zero-order valence-electron chi connectivity index (χ0n) is 27.0. The van der Waals surface area contributed by atoms with Crippen LogP contribution in [0.3, 0.4) is 0 Å². The highest BCUT2D eigenvalue weighted by Crippen LogP contribution is 2.44. The monoisotopic (exact) mass is 649 g/mol. The fraction of sp³-hybridized carbons (Fsp3) is 0.588. The van der Waals surface area contributed by atoms with E-state index in [9.17, 15) is 9.46 Å². The Labute approximate surface area is 269 Å². The van der Waals surface area contributed by atoms with Crippen LogP contribution in [0.1, 0.15) is 89.2 Å². The fourth-order valence-electron chi connectivity index (χ4n) is 4.93. The van der Waals surface area contributed by atoms with Gasteiger partial charge in [-0.15, -0.1) is 11.8 Å². The number of thioether (sulfide) groups is 1. The van der Waals surface area contributed by atoms with Crippen LogP contribution in [0.15, 0.2) is 53.6 Å². The Morgan fingerprint density at radius 2 is 1.57 bits per heavy atom. The van der Waals surface area contributed by atoms with Gasteiger partial charge in [-0.1, -0.05) is 82.9 Å². The molecule has 2 aromatic rings. The van der Waals surface area contributed by atoms with Crippen LogP contribution in [0.2, 0.25) is 0 Å². The molecule has 0 aliphatic carbocycles. The van der Waals surface area contributed by atoms with Gasteiger partial charge in [0.1, 0.15) is 30.0 Å². The molecule has 2 unspecified atom stereocenters. The summed E-state index contributed by atoms with van der Waals surface area (Å²) in [5.74, 6) is 2.63. The molecule has 0 aromatic heterocycles. The second-order valence-corrected chi connectivity index (χ2v) is 13.9. The van der Waals surface area contributed by atoms with Gasteiger partial charge in [0.05, 0.1) is 19.1 Å². The van der Waals surface area contributed by atoms with Crippen LogP contribution in [0.5, 0.6) is 17.2 Å². The Morgan fingerprint density at radius 1 is 0.909 bits per heavy atom. The molecule has 0 saturated carbocycles. The van der Waals surface area contributed by atoms with E-state index in [0.29, 0.717) is 18.9 Å². The first-order valence-corrected chi connectivity index (χ1v) is 18.5. The van der Waals surface area contributed by atoms with E-state index in [1.54, 1.807) is 30.0 Å². The first kappa shape index (κ1) is 36.3. The number of phosphoric ester groups is 1. The van der Waals surface area contributed by atoms with Crippen LogP contribution in [0.4, 0.5) is 0 Å². The number of hydrogen-bond acceptors (Lipinski definition) is 8. The largest absolute Gasteiger partial charge is 0.527 e. The van der Waals surface area contributed by atoms with E-state index in [1.807, 2.05) is 31.2 Å². The van der Waals surface area contributed by atoms with Crippen LogP contribution in [-0.4, -0.2) is 48.7 Å². The third-order valence-corrected chi connectivity index (χ3v) is 9.44. The van der Waals surface area contributed by atoms with Crippen LogP contribution in [0, 0.1) is 6.92 Å². The third kappa shape index (κ3) is 13.9. The van der Waals surface area contributed by atoms with Crippen LogP contribution >= 0.6 is 19.6 Å². The SMILES string of the molecule is CCCCCCCCCCCCOc1cccc(OCC(COP(=O)(O)Oc2cccc(CN3C=C(C)SC3)c2)OC)c1C. The van der Waals surface area contributed by atoms with Crippen LogP contribution in [-0.2, 0) is 20.4 Å². The second kappa shape index (κ2) is 20.1. The summed E-state index contributed by atoms with van der Waals surface area (Å²) in [6.07, 6.45) is 14.4. The minimum Gasteiger partial charge on any atom is -0.493 e. The van der Waals surface area contributed by atoms with Crippen molar-refractivity contribution in [2.45, 2.75) is 97.6 Å². The lowest BCUT2D eigenvalue weighted by atomic mass is 10.1. The molecule has 0 radical (unpaired) electrons. The van der Waals surface area contributed by atoms with Gasteiger partial charge in [0.2, 0.25) is 0 Å². The molecule has 2 aromatic carbocycles. The average Bonchev–Trinajstić information content (AvgIpc) is 3.41. The molecule has 8 nitrogen and oxygen atoms in total. The summed E-state index contributed by atoms with van der Waals surface area (Å²) in [5.41, 5.74) is 1.88. The van der Waals surface area contributed by atoms with Crippen molar-refractivity contribution in [1.29, 1.82) is 0 Å². The van der Waals surface area contributed by atoms with Gasteiger partial charge in [0.15, 0.2) is 0 Å². The van der Waals surface area contributed by atoms with Crippen molar-refractivity contribution in [3.8, 4) is 17.2 Å². The number of phosphoric acid groups is 1. The summed E-state index contributed by atoms with van der Waals surface area (Å²) in [6.45, 7) is 7.62. The molecule has 246 valence electrons. The molecule has 0 amide bonds. The van der Waals surface area contributed by atoms with Crippen molar-refractivity contribution in [2.24, 2.45) is 0 Å². The van der Waals surface area contributed by atoms with Gasteiger partial charge >= 0.3 is 7.82 Å². The minimum atomic E-state index is -4.38. The Balaban J connectivity index is 1.37. The van der Waals surface area contributed by atoms with Gasteiger partial charge < -0.3 is 23.6 Å². The molecule has 0 spiro atoms. The van der Waals surface area contributed by atoms with Gasteiger partial charge in [-0.25, -0.2) is 4.57 Å². The molecule has 0 bridgehead atoms. The number of rotatable bonds is 23. The summed E-state index contributed by atoms with van der Waals surface area (Å²) in [7, 11) is -2.87. The highest BCUT2D eigenvalue weighted by molar-refractivity contribution is 8.03. The number of methoxy groups -OCH3 is 1. The fourth-order valence-corrected chi connectivity index (χ4v) is 6.47. The smallest absolute Gasteiger partial charge is 0.493 e. The van der Waals surface area contributed by atoms with E-state index >= 15 is 0 Å². The summed E-state index contributed by atoms with van der Waals surface area (Å²) in [4.78, 5) is 13.8. The molecule has 1 N–H and O–H groups in total. The molecular formula is C34H52NO7PS. The molecule has 1 heterocycles. The maximum atomic E-state index is 12.7. The van der Waals surface area contributed by atoms with Crippen molar-refractivity contribution in [3.05, 3.63) is 64.7 Å². The van der Waals surface area contributed by atoms with Crippen LogP contribution < -0.4 is 14.0 Å². The average molecular weight is 650 g/mol. The van der Waals surface area contributed by atoms with Crippen molar-refractivity contribution in [1.82, 2.24) is 4.90 Å². The van der Waals surface area contributed by atoms with Crippen molar-refractivity contribution < 1.29 is 32.7 Å². The van der Waals surface area contributed by atoms with E-state index in [0.717, 1.165) is 29.2 Å².